The average Bonchev–Trinajstić information content (AvgIpc) is 3.47. The number of rotatable bonds is 7. The molecule has 2 fully saturated rings. The minimum absolute atomic E-state index is 0.0541. The van der Waals surface area contributed by atoms with E-state index in [4.69, 9.17) is 20.0 Å². The molecule has 0 aromatic heterocycles. The first-order valence-corrected chi connectivity index (χ1v) is 13.0. The molecule has 2 aromatic carbocycles. The number of esters is 1. The number of morpholine rings is 1. The molecule has 0 unspecified atom stereocenters. The second-order valence-electron chi connectivity index (χ2n) is 9.68. The molecule has 2 atom stereocenters. The van der Waals surface area contributed by atoms with Crippen LogP contribution in [0.2, 0.25) is 0 Å². The summed E-state index contributed by atoms with van der Waals surface area (Å²) in [5, 5.41) is 21.0. The number of nitrogens with zero attached hydrogens (tertiary/aromatic N) is 2. The maximum atomic E-state index is 13.7. The zero-order chi connectivity index (χ0) is 29.7. The molecule has 2 heterocycles. The van der Waals surface area contributed by atoms with E-state index in [1.807, 2.05) is 12.2 Å². The van der Waals surface area contributed by atoms with Crippen molar-refractivity contribution in [1.82, 2.24) is 10.2 Å². The van der Waals surface area contributed by atoms with Crippen molar-refractivity contribution in [2.45, 2.75) is 38.9 Å². The Morgan fingerprint density at radius 3 is 2.34 bits per heavy atom. The van der Waals surface area contributed by atoms with E-state index in [1.165, 1.54) is 29.2 Å². The number of carbonyl (C=O) groups excluding carboxylic acids is 4. The highest BCUT2D eigenvalue weighted by Crippen LogP contribution is 2.27. The largest absolute Gasteiger partial charge is 0.465 e. The summed E-state index contributed by atoms with van der Waals surface area (Å²) in [6.45, 7) is 4.51. The molecule has 13 heteroatoms. The minimum atomic E-state index is -1.62. The Hall–Kier alpha value is -4.78. The zero-order valence-corrected chi connectivity index (χ0v) is 22.6. The summed E-state index contributed by atoms with van der Waals surface area (Å²) < 4.78 is 10.9. The van der Waals surface area contributed by atoms with Gasteiger partial charge in [-0.1, -0.05) is 6.07 Å². The maximum absolute atomic E-state index is 13.7. The lowest BCUT2D eigenvalue weighted by molar-refractivity contribution is -0.167. The van der Waals surface area contributed by atoms with Crippen LogP contribution >= 0.6 is 0 Å². The van der Waals surface area contributed by atoms with E-state index in [0.717, 1.165) is 25.3 Å². The van der Waals surface area contributed by atoms with Gasteiger partial charge < -0.3 is 29.7 Å². The molecular weight excluding hydrogens is 534 g/mol. The summed E-state index contributed by atoms with van der Waals surface area (Å²) in [6.07, 6.45) is -2.56. The Morgan fingerprint density at radius 2 is 1.71 bits per heavy atom. The highest BCUT2D eigenvalue weighted by Gasteiger charge is 2.43. The second kappa shape index (κ2) is 12.6. The molecule has 216 valence electrons. The van der Waals surface area contributed by atoms with Crippen molar-refractivity contribution in [2.24, 2.45) is 0 Å². The van der Waals surface area contributed by atoms with Crippen LogP contribution in [0.15, 0.2) is 42.5 Å². The Morgan fingerprint density at radius 1 is 1.05 bits per heavy atom. The van der Waals surface area contributed by atoms with Crippen molar-refractivity contribution < 1.29 is 38.6 Å². The Labute approximate surface area is 235 Å². The normalized spacial score (nSPS) is 17.5. The van der Waals surface area contributed by atoms with Gasteiger partial charge in [0.1, 0.15) is 5.84 Å². The number of amidine groups is 1. The number of anilines is 2. The number of amides is 4. The van der Waals surface area contributed by atoms with E-state index in [9.17, 15) is 24.0 Å². The summed E-state index contributed by atoms with van der Waals surface area (Å²) in [7, 11) is 0. The van der Waals surface area contributed by atoms with E-state index in [2.05, 4.69) is 5.32 Å². The van der Waals surface area contributed by atoms with Crippen LogP contribution in [0, 0.1) is 12.3 Å². The number of likely N-dealkylation sites (tertiary alicyclic amines) is 1. The van der Waals surface area contributed by atoms with Gasteiger partial charge in [0.15, 0.2) is 6.10 Å². The topological polar surface area (TPSA) is 178 Å². The number of carbonyl (C=O) groups is 5. The number of nitrogens with one attached hydrogen (secondary N) is 3. The van der Waals surface area contributed by atoms with Gasteiger partial charge in [-0.25, -0.2) is 4.79 Å². The SMILES string of the molecule is CC(=O)O[C@@H](C(=O)Nc1ccc(C(=N)NC(=O)O)cc1)[C@H]1OCCN(c2cc(C(=O)N3CCCC3)ccc2C)C1=O. The van der Waals surface area contributed by atoms with Gasteiger partial charge in [0, 0.05) is 49.1 Å². The van der Waals surface area contributed by atoms with Crippen molar-refractivity contribution >= 4 is 47.0 Å². The number of benzene rings is 2. The van der Waals surface area contributed by atoms with E-state index < -0.39 is 36.1 Å². The minimum Gasteiger partial charge on any atom is -0.465 e. The molecule has 0 radical (unpaired) electrons. The molecule has 2 aliphatic rings. The predicted octanol–water partition coefficient (Wildman–Crippen LogP) is 2.13. The van der Waals surface area contributed by atoms with Crippen LogP contribution in [0.1, 0.15) is 41.3 Å². The number of ether oxygens (including phenoxy) is 2. The van der Waals surface area contributed by atoms with Crippen LogP contribution in [-0.4, -0.2) is 84.1 Å². The van der Waals surface area contributed by atoms with Gasteiger partial charge in [-0.05, 0) is 61.7 Å². The first kappa shape index (κ1) is 29.2. The Kier molecular flexibility index (Phi) is 8.97. The van der Waals surface area contributed by atoms with Crippen LogP contribution in [0.5, 0.6) is 0 Å². The fraction of sp³-hybridized carbons (Fsp3) is 0.357. The van der Waals surface area contributed by atoms with Crippen molar-refractivity contribution in [1.29, 1.82) is 5.41 Å². The first-order chi connectivity index (χ1) is 19.5. The fourth-order valence-corrected chi connectivity index (χ4v) is 4.74. The lowest BCUT2D eigenvalue weighted by atomic mass is 10.0. The third-order valence-corrected chi connectivity index (χ3v) is 6.76. The molecule has 4 rings (SSSR count). The fourth-order valence-electron chi connectivity index (χ4n) is 4.74. The zero-order valence-electron chi connectivity index (χ0n) is 22.6. The highest BCUT2D eigenvalue weighted by atomic mass is 16.6. The summed E-state index contributed by atoms with van der Waals surface area (Å²) in [4.78, 5) is 65.8. The highest BCUT2D eigenvalue weighted by molar-refractivity contribution is 6.06. The third kappa shape index (κ3) is 6.87. The van der Waals surface area contributed by atoms with Crippen molar-refractivity contribution in [2.75, 3.05) is 36.5 Å². The van der Waals surface area contributed by atoms with Crippen LogP contribution in [-0.2, 0) is 23.9 Å². The van der Waals surface area contributed by atoms with E-state index in [0.29, 0.717) is 24.3 Å². The van der Waals surface area contributed by atoms with Gasteiger partial charge in [-0.3, -0.25) is 29.9 Å². The second-order valence-corrected chi connectivity index (χ2v) is 9.68. The number of hydrogen-bond donors (Lipinski definition) is 4. The monoisotopic (exact) mass is 565 g/mol. The lowest BCUT2D eigenvalue weighted by Gasteiger charge is -2.36. The van der Waals surface area contributed by atoms with Crippen LogP contribution in [0.3, 0.4) is 0 Å². The van der Waals surface area contributed by atoms with Crippen molar-refractivity contribution in [3.8, 4) is 0 Å². The molecule has 2 aliphatic heterocycles. The molecule has 41 heavy (non-hydrogen) atoms. The Balaban J connectivity index is 1.53. The molecule has 2 saturated heterocycles. The number of aryl methyl sites for hydroxylation is 1. The van der Waals surface area contributed by atoms with Crippen LogP contribution in [0.4, 0.5) is 16.2 Å². The molecule has 4 amide bonds. The molecule has 2 aromatic rings. The third-order valence-electron chi connectivity index (χ3n) is 6.76. The van der Waals surface area contributed by atoms with E-state index >= 15 is 0 Å². The maximum Gasteiger partial charge on any atom is 0.410 e. The van der Waals surface area contributed by atoms with Gasteiger partial charge in [0.25, 0.3) is 17.7 Å². The standard InChI is InChI=1S/C28H31N5O8/c1-16-5-6-19(26(36)32-11-3-4-12-32)15-21(16)33-13-14-40-23(27(33)37)22(41-17(2)34)25(35)30-20-9-7-18(8-10-20)24(29)31-28(38)39/h5-10,15,22-23H,3-4,11-14H2,1-2H3,(H2,29,31)(H,30,35)(H,38,39)/t22-,23-/m1/s1. The molecule has 4 N–H and O–H groups in total. The molecular formula is C28H31N5O8. The van der Waals surface area contributed by atoms with Gasteiger partial charge >= 0.3 is 12.1 Å². The van der Waals surface area contributed by atoms with Crippen LogP contribution < -0.4 is 15.5 Å². The number of carboxylic acid groups (broad SMARTS) is 1. The summed E-state index contributed by atoms with van der Waals surface area (Å²) in [6, 6.07) is 10.8. The smallest absolute Gasteiger partial charge is 0.410 e. The van der Waals surface area contributed by atoms with Crippen molar-refractivity contribution in [3.63, 3.8) is 0 Å². The number of hydrogen-bond acceptors (Lipinski definition) is 8. The predicted molar refractivity (Wildman–Crippen MR) is 147 cm³/mol. The summed E-state index contributed by atoms with van der Waals surface area (Å²) >= 11 is 0. The van der Waals surface area contributed by atoms with Gasteiger partial charge in [-0.2, -0.15) is 0 Å². The van der Waals surface area contributed by atoms with Gasteiger partial charge in [-0.15, -0.1) is 0 Å². The van der Waals surface area contributed by atoms with Crippen LogP contribution in [0.25, 0.3) is 0 Å². The quantitative estimate of drug-likeness (QED) is 0.224. The van der Waals surface area contributed by atoms with Gasteiger partial charge in [0.2, 0.25) is 6.10 Å². The lowest BCUT2D eigenvalue weighted by Crippen LogP contribution is -2.56. The van der Waals surface area contributed by atoms with Gasteiger partial charge in [0.05, 0.1) is 6.61 Å². The van der Waals surface area contributed by atoms with Crippen molar-refractivity contribution in [3.05, 3.63) is 59.2 Å². The summed E-state index contributed by atoms with van der Waals surface area (Å²) in [5.74, 6) is -2.68. The summed E-state index contributed by atoms with van der Waals surface area (Å²) in [5.41, 5.74) is 2.21. The Bertz CT molecular complexity index is 1370. The molecule has 0 aliphatic carbocycles. The average molecular weight is 566 g/mol. The molecule has 0 spiro atoms. The molecule has 13 nitrogen and oxygen atoms in total. The van der Waals surface area contributed by atoms with E-state index in [1.54, 1.807) is 23.1 Å². The molecule has 0 bridgehead atoms. The molecule has 0 saturated carbocycles. The first-order valence-electron chi connectivity index (χ1n) is 13.0. The van der Waals surface area contributed by atoms with E-state index in [-0.39, 0.29) is 36.1 Å².